The van der Waals surface area contributed by atoms with E-state index in [4.69, 9.17) is 9.47 Å². The maximum Gasteiger partial charge on any atom is 0.309 e. The lowest BCUT2D eigenvalue weighted by Gasteiger charge is -2.26. The van der Waals surface area contributed by atoms with Crippen molar-refractivity contribution in [2.24, 2.45) is 5.92 Å². The Bertz CT molecular complexity index is 637. The van der Waals surface area contributed by atoms with Gasteiger partial charge in [-0.2, -0.15) is 0 Å². The van der Waals surface area contributed by atoms with Gasteiger partial charge in [-0.3, -0.25) is 4.79 Å². The van der Waals surface area contributed by atoms with Crippen LogP contribution in [0, 0.1) is 5.92 Å². The first-order valence-corrected chi connectivity index (χ1v) is 8.54. The first kappa shape index (κ1) is 18.1. The Balaban J connectivity index is 2.41. The molecule has 0 bridgehead atoms. The SMILES string of the molecule is CCOC(=O)C(CC)C(Cc1ccccc1)c1ccccc1OC. The molecule has 0 fully saturated rings. The van der Waals surface area contributed by atoms with Crippen LogP contribution in [0.3, 0.4) is 0 Å². The van der Waals surface area contributed by atoms with Gasteiger partial charge in [0.2, 0.25) is 0 Å². The first-order chi connectivity index (χ1) is 11.7. The molecule has 0 aromatic heterocycles. The Morgan fingerprint density at radius 1 is 1.00 bits per heavy atom. The number of benzene rings is 2. The molecule has 3 nitrogen and oxygen atoms in total. The van der Waals surface area contributed by atoms with Crippen LogP contribution in [0.5, 0.6) is 5.75 Å². The topological polar surface area (TPSA) is 35.5 Å². The number of methoxy groups -OCH3 is 1. The van der Waals surface area contributed by atoms with Gasteiger partial charge in [-0.15, -0.1) is 0 Å². The second-order valence-electron chi connectivity index (χ2n) is 5.80. The summed E-state index contributed by atoms with van der Waals surface area (Å²) in [4.78, 5) is 12.5. The normalized spacial score (nSPS) is 13.1. The number of ether oxygens (including phenoxy) is 2. The lowest BCUT2D eigenvalue weighted by Crippen LogP contribution is -2.26. The number of carbonyl (C=O) groups is 1. The third kappa shape index (κ3) is 4.38. The van der Waals surface area contributed by atoms with Gasteiger partial charge in [0.25, 0.3) is 0 Å². The Hall–Kier alpha value is -2.29. The Labute approximate surface area is 144 Å². The molecule has 3 heteroatoms. The molecule has 0 saturated heterocycles. The molecule has 0 aliphatic heterocycles. The summed E-state index contributed by atoms with van der Waals surface area (Å²) in [6.45, 7) is 4.29. The Kier molecular flexibility index (Phi) is 6.86. The summed E-state index contributed by atoms with van der Waals surface area (Å²) < 4.78 is 10.9. The fourth-order valence-corrected chi connectivity index (χ4v) is 3.17. The molecule has 0 saturated carbocycles. The van der Waals surface area contributed by atoms with Crippen molar-refractivity contribution in [3.63, 3.8) is 0 Å². The third-order valence-electron chi connectivity index (χ3n) is 4.35. The Morgan fingerprint density at radius 3 is 2.29 bits per heavy atom. The molecule has 0 radical (unpaired) electrons. The van der Waals surface area contributed by atoms with E-state index in [1.54, 1.807) is 7.11 Å². The van der Waals surface area contributed by atoms with Gasteiger partial charge in [0.05, 0.1) is 19.6 Å². The third-order valence-corrected chi connectivity index (χ3v) is 4.35. The zero-order chi connectivity index (χ0) is 17.4. The average molecular weight is 326 g/mol. The lowest BCUT2D eigenvalue weighted by atomic mass is 9.79. The summed E-state index contributed by atoms with van der Waals surface area (Å²) in [5.41, 5.74) is 2.26. The second-order valence-corrected chi connectivity index (χ2v) is 5.80. The summed E-state index contributed by atoms with van der Waals surface area (Å²) in [5.74, 6) is 0.516. The molecular weight excluding hydrogens is 300 g/mol. The molecule has 2 unspecified atom stereocenters. The molecule has 0 aliphatic rings. The number of rotatable bonds is 8. The van der Waals surface area contributed by atoms with Crippen molar-refractivity contribution in [2.45, 2.75) is 32.6 Å². The molecule has 2 rings (SSSR count). The lowest BCUT2D eigenvalue weighted by molar-refractivity contribution is -0.149. The largest absolute Gasteiger partial charge is 0.496 e. The number of hydrogen-bond acceptors (Lipinski definition) is 3. The fourth-order valence-electron chi connectivity index (χ4n) is 3.17. The van der Waals surface area contributed by atoms with Crippen molar-refractivity contribution in [3.8, 4) is 5.75 Å². The van der Waals surface area contributed by atoms with Crippen molar-refractivity contribution in [1.29, 1.82) is 0 Å². The molecule has 2 aromatic carbocycles. The summed E-state index contributed by atoms with van der Waals surface area (Å²) in [5, 5.41) is 0. The average Bonchev–Trinajstić information content (AvgIpc) is 2.62. The monoisotopic (exact) mass is 326 g/mol. The van der Waals surface area contributed by atoms with Crippen LogP contribution < -0.4 is 4.74 Å². The van der Waals surface area contributed by atoms with Crippen LogP contribution in [0.1, 0.15) is 37.3 Å². The van der Waals surface area contributed by atoms with E-state index in [-0.39, 0.29) is 17.8 Å². The second kappa shape index (κ2) is 9.11. The van der Waals surface area contributed by atoms with Crippen LogP contribution in [0.25, 0.3) is 0 Å². The van der Waals surface area contributed by atoms with Gasteiger partial charge in [0.15, 0.2) is 0 Å². The van der Waals surface area contributed by atoms with Gasteiger partial charge in [-0.05, 0) is 37.0 Å². The van der Waals surface area contributed by atoms with Gasteiger partial charge < -0.3 is 9.47 Å². The van der Waals surface area contributed by atoms with Gasteiger partial charge >= 0.3 is 5.97 Å². The van der Waals surface area contributed by atoms with Crippen LogP contribution in [0.2, 0.25) is 0 Å². The van der Waals surface area contributed by atoms with E-state index in [1.165, 1.54) is 5.56 Å². The predicted molar refractivity (Wildman–Crippen MR) is 96.3 cm³/mol. The highest BCUT2D eigenvalue weighted by Gasteiger charge is 2.31. The van der Waals surface area contributed by atoms with E-state index in [1.807, 2.05) is 56.3 Å². The summed E-state index contributed by atoms with van der Waals surface area (Å²) >= 11 is 0. The van der Waals surface area contributed by atoms with Crippen LogP contribution in [-0.4, -0.2) is 19.7 Å². The molecule has 0 amide bonds. The van der Waals surface area contributed by atoms with E-state index >= 15 is 0 Å². The van der Waals surface area contributed by atoms with Crippen molar-refractivity contribution in [2.75, 3.05) is 13.7 Å². The Morgan fingerprint density at radius 2 is 1.67 bits per heavy atom. The highest BCUT2D eigenvalue weighted by atomic mass is 16.5. The summed E-state index contributed by atoms with van der Waals surface area (Å²) in [6, 6.07) is 18.2. The molecule has 0 N–H and O–H groups in total. The minimum atomic E-state index is -0.193. The molecule has 128 valence electrons. The van der Waals surface area contributed by atoms with E-state index in [2.05, 4.69) is 12.1 Å². The number of carbonyl (C=O) groups excluding carboxylic acids is 1. The number of hydrogen-bond donors (Lipinski definition) is 0. The van der Waals surface area contributed by atoms with Crippen molar-refractivity contribution < 1.29 is 14.3 Å². The van der Waals surface area contributed by atoms with Crippen molar-refractivity contribution >= 4 is 5.97 Å². The van der Waals surface area contributed by atoms with E-state index in [0.29, 0.717) is 6.61 Å². The van der Waals surface area contributed by atoms with E-state index < -0.39 is 0 Å². The van der Waals surface area contributed by atoms with E-state index in [0.717, 1.165) is 24.2 Å². The standard InChI is InChI=1S/C21H26O3/c1-4-17(21(22)24-5-2)19(15-16-11-7-6-8-12-16)18-13-9-10-14-20(18)23-3/h6-14,17,19H,4-5,15H2,1-3H3. The molecule has 0 spiro atoms. The maximum absolute atomic E-state index is 12.5. The highest BCUT2D eigenvalue weighted by Crippen LogP contribution is 2.36. The van der Waals surface area contributed by atoms with Crippen molar-refractivity contribution in [1.82, 2.24) is 0 Å². The molecule has 24 heavy (non-hydrogen) atoms. The van der Waals surface area contributed by atoms with E-state index in [9.17, 15) is 4.79 Å². The van der Waals surface area contributed by atoms with Gasteiger partial charge in [0, 0.05) is 5.92 Å². The molecule has 0 aliphatic carbocycles. The van der Waals surface area contributed by atoms with Crippen LogP contribution in [0.4, 0.5) is 0 Å². The minimum absolute atomic E-state index is 0.0209. The van der Waals surface area contributed by atoms with Gasteiger partial charge in [0.1, 0.15) is 5.75 Å². The fraction of sp³-hybridized carbons (Fsp3) is 0.381. The molecule has 0 heterocycles. The quantitative estimate of drug-likeness (QED) is 0.665. The smallest absolute Gasteiger partial charge is 0.309 e. The first-order valence-electron chi connectivity index (χ1n) is 8.54. The summed E-state index contributed by atoms with van der Waals surface area (Å²) in [6.07, 6.45) is 1.51. The van der Waals surface area contributed by atoms with Crippen LogP contribution in [-0.2, 0) is 16.0 Å². The molecule has 2 atom stereocenters. The van der Waals surface area contributed by atoms with Crippen LogP contribution >= 0.6 is 0 Å². The zero-order valence-electron chi connectivity index (χ0n) is 14.7. The minimum Gasteiger partial charge on any atom is -0.496 e. The van der Waals surface area contributed by atoms with Crippen molar-refractivity contribution in [3.05, 3.63) is 65.7 Å². The predicted octanol–water partition coefficient (Wildman–Crippen LogP) is 4.61. The van der Waals surface area contributed by atoms with Gasteiger partial charge in [-0.1, -0.05) is 55.5 Å². The van der Waals surface area contributed by atoms with Gasteiger partial charge in [-0.25, -0.2) is 0 Å². The van der Waals surface area contributed by atoms with Crippen LogP contribution in [0.15, 0.2) is 54.6 Å². The molecular formula is C21H26O3. The number of esters is 1. The highest BCUT2D eigenvalue weighted by molar-refractivity contribution is 5.74. The number of para-hydroxylation sites is 1. The maximum atomic E-state index is 12.5. The summed E-state index contributed by atoms with van der Waals surface area (Å²) in [7, 11) is 1.67. The molecule has 2 aromatic rings. The zero-order valence-corrected chi connectivity index (χ0v) is 14.7.